The van der Waals surface area contributed by atoms with Gasteiger partial charge in [-0.15, -0.1) is 0 Å². The van der Waals surface area contributed by atoms with Crippen molar-refractivity contribution in [3.8, 4) is 0 Å². The molecule has 0 saturated carbocycles. The number of aliphatic hydroxyl groups excluding tert-OH is 2. The van der Waals surface area contributed by atoms with Crippen LogP contribution in [0.5, 0.6) is 0 Å². The lowest BCUT2D eigenvalue weighted by atomic mass is 10.1. The molecule has 1 aromatic rings. The predicted molar refractivity (Wildman–Crippen MR) is 92.8 cm³/mol. The molecule has 22 heavy (non-hydrogen) atoms. The van der Waals surface area contributed by atoms with Crippen LogP contribution in [0.1, 0.15) is 20.7 Å². The Morgan fingerprint density at radius 2 is 1.23 bits per heavy atom. The van der Waals surface area contributed by atoms with Gasteiger partial charge in [0.2, 0.25) is 0 Å². The zero-order chi connectivity index (χ0) is 16.9. The second kappa shape index (κ2) is 8.82. The number of anilines is 1. The molecule has 0 aromatic heterocycles. The Morgan fingerprint density at radius 1 is 0.864 bits per heavy atom. The number of amides is 2. The summed E-state index contributed by atoms with van der Waals surface area (Å²) < 4.78 is 0.882. The van der Waals surface area contributed by atoms with E-state index in [4.69, 9.17) is 15.9 Å². The molecular formula is C12H14Br3N3O4. The van der Waals surface area contributed by atoms with Gasteiger partial charge in [0.1, 0.15) is 0 Å². The largest absolute Gasteiger partial charge is 0.397 e. The Morgan fingerprint density at radius 3 is 1.55 bits per heavy atom. The fourth-order valence-electron chi connectivity index (χ4n) is 1.60. The minimum atomic E-state index is -0.497. The van der Waals surface area contributed by atoms with E-state index in [0.29, 0.717) is 8.95 Å². The molecule has 122 valence electrons. The van der Waals surface area contributed by atoms with E-state index in [2.05, 4.69) is 58.4 Å². The lowest BCUT2D eigenvalue weighted by molar-refractivity contribution is 0.0942. The molecule has 1 aromatic carbocycles. The summed E-state index contributed by atoms with van der Waals surface area (Å²) in [6.07, 6.45) is 0. The summed E-state index contributed by atoms with van der Waals surface area (Å²) in [6.45, 7) is -0.285. The third-order valence-electron chi connectivity index (χ3n) is 2.60. The summed E-state index contributed by atoms with van der Waals surface area (Å²) in [7, 11) is 0. The van der Waals surface area contributed by atoms with Crippen LogP contribution < -0.4 is 16.4 Å². The van der Waals surface area contributed by atoms with Crippen molar-refractivity contribution in [3.63, 3.8) is 0 Å². The lowest BCUT2D eigenvalue weighted by Crippen LogP contribution is -2.30. The van der Waals surface area contributed by atoms with Crippen LogP contribution in [0.15, 0.2) is 13.4 Å². The SMILES string of the molecule is Nc1c(Br)c(C(=O)NCCO)c(Br)c(C(=O)NCCO)c1Br. The zero-order valence-electron chi connectivity index (χ0n) is 11.3. The zero-order valence-corrected chi connectivity index (χ0v) is 16.0. The molecule has 0 aliphatic carbocycles. The van der Waals surface area contributed by atoms with E-state index in [1.807, 2.05) is 0 Å². The van der Waals surface area contributed by atoms with Gasteiger partial charge in [-0.2, -0.15) is 0 Å². The summed E-state index contributed by atoms with van der Waals surface area (Å²) in [4.78, 5) is 24.3. The number of nitrogen functional groups attached to an aromatic ring is 1. The van der Waals surface area contributed by atoms with Gasteiger partial charge in [0.05, 0.1) is 39.0 Å². The number of carbonyl (C=O) groups excluding carboxylic acids is 2. The minimum absolute atomic E-state index is 0.0692. The average Bonchev–Trinajstić information content (AvgIpc) is 2.48. The van der Waals surface area contributed by atoms with Crippen LogP contribution in [0.25, 0.3) is 0 Å². The Labute approximate surface area is 152 Å². The number of benzene rings is 1. The van der Waals surface area contributed by atoms with Crippen LogP contribution in [0, 0.1) is 0 Å². The fourth-order valence-corrected chi connectivity index (χ4v) is 4.31. The van der Waals surface area contributed by atoms with E-state index >= 15 is 0 Å². The fraction of sp³-hybridized carbons (Fsp3) is 0.333. The van der Waals surface area contributed by atoms with E-state index in [9.17, 15) is 9.59 Å². The van der Waals surface area contributed by atoms with Gasteiger partial charge in [0.25, 0.3) is 11.8 Å². The molecule has 0 heterocycles. The third-order valence-corrected chi connectivity index (χ3v) is 5.04. The van der Waals surface area contributed by atoms with Gasteiger partial charge in [0.15, 0.2) is 0 Å². The van der Waals surface area contributed by atoms with Crippen molar-refractivity contribution in [2.24, 2.45) is 0 Å². The summed E-state index contributed by atoms with van der Waals surface area (Å²) in [6, 6.07) is 0. The van der Waals surface area contributed by atoms with Crippen molar-refractivity contribution in [1.29, 1.82) is 0 Å². The molecule has 0 atom stereocenters. The summed E-state index contributed by atoms with van der Waals surface area (Å²) >= 11 is 9.70. The van der Waals surface area contributed by atoms with Crippen LogP contribution in [0.2, 0.25) is 0 Å². The molecule has 0 spiro atoms. The van der Waals surface area contributed by atoms with Gasteiger partial charge < -0.3 is 26.6 Å². The first-order chi connectivity index (χ1) is 10.4. The topological polar surface area (TPSA) is 125 Å². The maximum atomic E-state index is 12.2. The predicted octanol–water partition coefficient (Wildman–Crippen LogP) is 1.00. The molecule has 1 rings (SSSR count). The summed E-state index contributed by atoms with van der Waals surface area (Å²) in [5.74, 6) is -0.994. The van der Waals surface area contributed by atoms with Crippen molar-refractivity contribution < 1.29 is 19.8 Å². The molecule has 0 fully saturated rings. The van der Waals surface area contributed by atoms with Crippen LogP contribution in [-0.4, -0.2) is 48.3 Å². The standard InChI is InChI=1S/C12H14Br3N3O4/c13-7-5(11(21)17-1-3-19)8(14)10(16)9(15)6(7)12(22)18-2-4-20/h19-20H,1-4,16H2,(H,17,21)(H,18,22). The van der Waals surface area contributed by atoms with Crippen molar-refractivity contribution in [2.45, 2.75) is 0 Å². The Bertz CT molecular complexity index is 548. The number of nitrogens with two attached hydrogens (primary N) is 1. The maximum absolute atomic E-state index is 12.2. The third kappa shape index (κ3) is 4.19. The second-order valence-electron chi connectivity index (χ2n) is 4.06. The number of hydrogen-bond donors (Lipinski definition) is 5. The molecule has 0 aliphatic rings. The van der Waals surface area contributed by atoms with Gasteiger partial charge in [-0.1, -0.05) is 0 Å². The molecule has 10 heteroatoms. The maximum Gasteiger partial charge on any atom is 0.253 e. The van der Waals surface area contributed by atoms with E-state index in [0.717, 1.165) is 0 Å². The Balaban J connectivity index is 3.37. The van der Waals surface area contributed by atoms with E-state index < -0.39 is 11.8 Å². The molecule has 0 unspecified atom stereocenters. The van der Waals surface area contributed by atoms with Crippen molar-refractivity contribution in [2.75, 3.05) is 32.0 Å². The van der Waals surface area contributed by atoms with Gasteiger partial charge in [-0.05, 0) is 47.8 Å². The molecule has 7 nitrogen and oxygen atoms in total. The first kappa shape index (κ1) is 19.4. The van der Waals surface area contributed by atoms with Crippen LogP contribution in [-0.2, 0) is 0 Å². The van der Waals surface area contributed by atoms with Gasteiger partial charge >= 0.3 is 0 Å². The van der Waals surface area contributed by atoms with Crippen molar-refractivity contribution in [1.82, 2.24) is 10.6 Å². The van der Waals surface area contributed by atoms with Crippen LogP contribution >= 0.6 is 47.8 Å². The summed E-state index contributed by atoms with van der Waals surface area (Å²) in [5.41, 5.74) is 6.38. The van der Waals surface area contributed by atoms with Crippen LogP contribution in [0.4, 0.5) is 5.69 Å². The van der Waals surface area contributed by atoms with E-state index in [1.54, 1.807) is 0 Å². The first-order valence-electron chi connectivity index (χ1n) is 6.10. The average molecular weight is 504 g/mol. The molecule has 2 amide bonds. The molecule has 6 N–H and O–H groups in total. The van der Waals surface area contributed by atoms with Gasteiger partial charge in [-0.3, -0.25) is 9.59 Å². The van der Waals surface area contributed by atoms with E-state index in [-0.39, 0.29) is 47.6 Å². The number of hydrogen-bond acceptors (Lipinski definition) is 5. The quantitative estimate of drug-likeness (QED) is 0.370. The monoisotopic (exact) mass is 501 g/mol. The van der Waals surface area contributed by atoms with Crippen molar-refractivity contribution >= 4 is 65.3 Å². The molecule has 0 bridgehead atoms. The Hall–Kier alpha value is -0.680. The smallest absolute Gasteiger partial charge is 0.253 e. The number of rotatable bonds is 6. The highest BCUT2D eigenvalue weighted by molar-refractivity contribution is 9.11. The second-order valence-corrected chi connectivity index (χ2v) is 6.44. The summed E-state index contributed by atoms with van der Waals surface area (Å²) in [5, 5.41) is 22.6. The highest BCUT2D eigenvalue weighted by Crippen LogP contribution is 2.40. The minimum Gasteiger partial charge on any atom is -0.397 e. The van der Waals surface area contributed by atoms with E-state index in [1.165, 1.54) is 0 Å². The molecule has 0 saturated heterocycles. The lowest BCUT2D eigenvalue weighted by Gasteiger charge is -2.16. The van der Waals surface area contributed by atoms with Gasteiger partial charge in [-0.25, -0.2) is 0 Å². The molecular weight excluding hydrogens is 490 g/mol. The number of nitrogens with one attached hydrogen (secondary N) is 2. The van der Waals surface area contributed by atoms with Crippen molar-refractivity contribution in [3.05, 3.63) is 24.5 Å². The van der Waals surface area contributed by atoms with Gasteiger partial charge in [0, 0.05) is 17.6 Å². The highest BCUT2D eigenvalue weighted by Gasteiger charge is 2.26. The molecule has 0 radical (unpaired) electrons. The first-order valence-corrected chi connectivity index (χ1v) is 8.48. The highest BCUT2D eigenvalue weighted by atomic mass is 79.9. The number of aliphatic hydroxyl groups is 2. The molecule has 0 aliphatic heterocycles. The Kier molecular flexibility index (Phi) is 7.77. The normalized spacial score (nSPS) is 10.4. The number of halogens is 3. The van der Waals surface area contributed by atoms with Crippen LogP contribution in [0.3, 0.4) is 0 Å². The number of carbonyl (C=O) groups is 2.